The first kappa shape index (κ1) is 26.7. The second-order valence-corrected chi connectivity index (χ2v) is 11.1. The van der Waals surface area contributed by atoms with Gasteiger partial charge in [0.25, 0.3) is 11.8 Å². The number of benzene rings is 2. The van der Waals surface area contributed by atoms with E-state index in [-0.39, 0.29) is 24.4 Å². The third kappa shape index (κ3) is 5.07. The number of carbonyl (C=O) groups is 3. The van der Waals surface area contributed by atoms with Gasteiger partial charge in [-0.1, -0.05) is 36.1 Å². The Morgan fingerprint density at radius 1 is 1.07 bits per heavy atom. The van der Waals surface area contributed by atoms with Gasteiger partial charge in [0.2, 0.25) is 5.54 Å². The lowest BCUT2D eigenvalue weighted by molar-refractivity contribution is -0.122. The molecule has 11 heteroatoms. The maximum absolute atomic E-state index is 14.8. The average molecular weight is 572 g/mol. The quantitative estimate of drug-likeness (QED) is 0.359. The lowest BCUT2D eigenvalue weighted by Gasteiger charge is -2.27. The number of nitrogens with one attached hydrogen (secondary N) is 2. The van der Waals surface area contributed by atoms with Crippen LogP contribution in [-0.2, 0) is 11.3 Å². The van der Waals surface area contributed by atoms with Gasteiger partial charge in [-0.05, 0) is 35.9 Å². The number of aromatic nitrogens is 1. The molecular weight excluding hydrogens is 545 g/mol. The highest BCUT2D eigenvalue weighted by atomic mass is 32.2. The smallest absolute Gasteiger partial charge is 0.323 e. The minimum absolute atomic E-state index is 0.0451. The predicted octanol–water partition coefficient (Wildman–Crippen LogP) is 3.04. The molecule has 0 saturated carbocycles. The number of hydrogen-bond donors (Lipinski definition) is 2. The van der Waals surface area contributed by atoms with Crippen LogP contribution in [0.5, 0.6) is 5.75 Å². The molecule has 1 aromatic heterocycles. The summed E-state index contributed by atoms with van der Waals surface area (Å²) in [6.45, 7) is 1.76. The number of thioether (sulfide) groups is 1. The summed E-state index contributed by atoms with van der Waals surface area (Å²) in [5.41, 5.74) is 1.03. The lowest BCUT2D eigenvalue weighted by atomic mass is 9.98. The Morgan fingerprint density at radius 3 is 2.56 bits per heavy atom. The maximum Gasteiger partial charge on any atom is 0.323 e. The molecule has 208 valence electrons. The molecule has 0 spiro atoms. The fourth-order valence-corrected chi connectivity index (χ4v) is 6.06. The Hall–Kier alpha value is -4.56. The van der Waals surface area contributed by atoms with Crippen molar-refractivity contribution >= 4 is 35.4 Å². The molecule has 0 aliphatic carbocycles. The second kappa shape index (κ2) is 10.8. The first-order valence-corrected chi connectivity index (χ1v) is 14.2. The molecule has 0 bridgehead atoms. The van der Waals surface area contributed by atoms with Crippen molar-refractivity contribution in [3.63, 3.8) is 0 Å². The van der Waals surface area contributed by atoms with Gasteiger partial charge in [-0.2, -0.15) is 11.8 Å². The molecule has 2 N–H and O–H groups in total. The van der Waals surface area contributed by atoms with Gasteiger partial charge in [-0.25, -0.2) is 14.2 Å². The second-order valence-electron chi connectivity index (χ2n) is 9.90. The molecule has 1 atom stereocenters. The van der Waals surface area contributed by atoms with Gasteiger partial charge < -0.3 is 19.9 Å². The zero-order valence-electron chi connectivity index (χ0n) is 22.2. The van der Waals surface area contributed by atoms with Crippen molar-refractivity contribution in [3.8, 4) is 28.8 Å². The van der Waals surface area contributed by atoms with Crippen molar-refractivity contribution in [2.75, 3.05) is 43.1 Å². The number of imide groups is 1. The van der Waals surface area contributed by atoms with Crippen molar-refractivity contribution < 1.29 is 23.5 Å². The number of amides is 4. The van der Waals surface area contributed by atoms with Crippen LogP contribution >= 0.6 is 11.8 Å². The van der Waals surface area contributed by atoms with Gasteiger partial charge in [-0.15, -0.1) is 0 Å². The molecule has 0 unspecified atom stereocenters. The number of anilines is 1. The van der Waals surface area contributed by atoms with E-state index in [1.54, 1.807) is 6.07 Å². The van der Waals surface area contributed by atoms with E-state index in [2.05, 4.69) is 27.4 Å². The lowest BCUT2D eigenvalue weighted by Crippen LogP contribution is -2.54. The number of methoxy groups -OCH3 is 1. The molecular formula is C30H26FN5O4S. The normalized spacial score (nSPS) is 19.8. The summed E-state index contributed by atoms with van der Waals surface area (Å²) >= 11 is 1.95. The van der Waals surface area contributed by atoms with Crippen molar-refractivity contribution in [3.05, 3.63) is 77.1 Å². The Labute approximate surface area is 240 Å². The Kier molecular flexibility index (Phi) is 7.01. The minimum atomic E-state index is -1.70. The van der Waals surface area contributed by atoms with Crippen LogP contribution < -0.4 is 20.3 Å². The SMILES string of the molecule is COc1ccc2c(c1F)C(=O)N(C[C@@]1(C#Cc3ccc(-c4cccc(N5CCSCC5)n4)cc3)NC(=O)NC1=O)C2. The minimum Gasteiger partial charge on any atom is -0.494 e. The highest BCUT2D eigenvalue weighted by Crippen LogP contribution is 2.32. The van der Waals surface area contributed by atoms with E-state index < -0.39 is 29.2 Å². The molecule has 0 radical (unpaired) electrons. The topological polar surface area (TPSA) is 104 Å². The third-order valence-electron chi connectivity index (χ3n) is 7.32. The highest BCUT2D eigenvalue weighted by molar-refractivity contribution is 7.99. The molecule has 2 fully saturated rings. The van der Waals surface area contributed by atoms with E-state index in [0.717, 1.165) is 41.7 Å². The Bertz CT molecular complexity index is 1610. The average Bonchev–Trinajstić information content (AvgIpc) is 3.47. The fraction of sp³-hybridized carbons (Fsp3) is 0.267. The van der Waals surface area contributed by atoms with Crippen LogP contribution in [-0.4, -0.2) is 71.5 Å². The molecule has 2 aromatic carbocycles. The summed E-state index contributed by atoms with van der Waals surface area (Å²) in [7, 11) is 1.32. The van der Waals surface area contributed by atoms with Crippen molar-refractivity contribution in [1.29, 1.82) is 0 Å². The van der Waals surface area contributed by atoms with Gasteiger partial charge in [0.1, 0.15) is 5.82 Å². The number of rotatable bonds is 5. The molecule has 2 saturated heterocycles. The fourth-order valence-electron chi connectivity index (χ4n) is 5.15. The summed E-state index contributed by atoms with van der Waals surface area (Å²) in [4.78, 5) is 46.6. The summed E-state index contributed by atoms with van der Waals surface area (Å²) in [6.07, 6.45) is 0. The van der Waals surface area contributed by atoms with Crippen molar-refractivity contribution in [2.45, 2.75) is 12.1 Å². The molecule has 41 heavy (non-hydrogen) atoms. The number of urea groups is 1. The zero-order chi connectivity index (χ0) is 28.6. The highest BCUT2D eigenvalue weighted by Gasteiger charge is 2.48. The first-order chi connectivity index (χ1) is 19.9. The maximum atomic E-state index is 14.8. The number of fused-ring (bicyclic) bond motifs is 1. The van der Waals surface area contributed by atoms with Crippen LogP contribution in [0.4, 0.5) is 15.0 Å². The summed E-state index contributed by atoms with van der Waals surface area (Å²) in [6, 6.07) is 15.8. The van der Waals surface area contributed by atoms with E-state index in [4.69, 9.17) is 9.72 Å². The number of halogens is 1. The van der Waals surface area contributed by atoms with Gasteiger partial charge >= 0.3 is 6.03 Å². The molecule has 3 aliphatic heterocycles. The number of nitrogens with zero attached hydrogens (tertiary/aromatic N) is 3. The van der Waals surface area contributed by atoms with Crippen molar-refractivity contribution in [2.24, 2.45) is 0 Å². The van der Waals surface area contributed by atoms with E-state index in [1.165, 1.54) is 18.1 Å². The van der Waals surface area contributed by atoms with E-state index in [0.29, 0.717) is 11.1 Å². The molecule has 6 rings (SSSR count). The van der Waals surface area contributed by atoms with Gasteiger partial charge in [0, 0.05) is 42.3 Å². The molecule has 3 aromatic rings. The van der Waals surface area contributed by atoms with Crippen LogP contribution in [0, 0.1) is 17.7 Å². The summed E-state index contributed by atoms with van der Waals surface area (Å²) in [5.74, 6) is 6.90. The molecule has 4 amide bonds. The van der Waals surface area contributed by atoms with Crippen LogP contribution in [0.15, 0.2) is 54.6 Å². The van der Waals surface area contributed by atoms with E-state index in [1.807, 2.05) is 54.2 Å². The zero-order valence-corrected chi connectivity index (χ0v) is 23.0. The summed E-state index contributed by atoms with van der Waals surface area (Å²) < 4.78 is 19.8. The first-order valence-electron chi connectivity index (χ1n) is 13.1. The summed E-state index contributed by atoms with van der Waals surface area (Å²) in [5, 5.41) is 4.78. The Morgan fingerprint density at radius 2 is 1.85 bits per heavy atom. The van der Waals surface area contributed by atoms with Crippen LogP contribution in [0.3, 0.4) is 0 Å². The van der Waals surface area contributed by atoms with Gasteiger partial charge in [0.15, 0.2) is 11.6 Å². The van der Waals surface area contributed by atoms with Crippen LogP contribution in [0.2, 0.25) is 0 Å². The number of hydrogen-bond acceptors (Lipinski definition) is 7. The van der Waals surface area contributed by atoms with Gasteiger partial charge in [0.05, 0.1) is 24.9 Å². The monoisotopic (exact) mass is 571 g/mol. The molecule has 9 nitrogen and oxygen atoms in total. The van der Waals surface area contributed by atoms with E-state index in [9.17, 15) is 18.8 Å². The largest absolute Gasteiger partial charge is 0.494 e. The molecule has 3 aliphatic rings. The molecule has 4 heterocycles. The number of ether oxygens (including phenoxy) is 1. The third-order valence-corrected chi connectivity index (χ3v) is 8.26. The number of pyridine rings is 1. The predicted molar refractivity (Wildman–Crippen MR) is 153 cm³/mol. The van der Waals surface area contributed by atoms with Crippen LogP contribution in [0.25, 0.3) is 11.3 Å². The van der Waals surface area contributed by atoms with Crippen LogP contribution in [0.1, 0.15) is 21.5 Å². The Balaban J connectivity index is 1.23. The van der Waals surface area contributed by atoms with Crippen molar-refractivity contribution in [1.82, 2.24) is 20.5 Å². The van der Waals surface area contributed by atoms with Gasteiger partial charge in [-0.3, -0.25) is 14.9 Å². The standard InChI is InChI=1S/C30H26FN5O4S/c1-40-23-10-9-21-17-36(27(37)25(21)26(23)31)18-30(28(38)33-29(39)34-30)12-11-19-5-7-20(8-6-19)22-3-2-4-24(32-22)35-13-15-41-16-14-35/h2-10H,13-18H2,1H3,(H2,33,34,38,39)/t30-/m1/s1. The number of carbonyl (C=O) groups excluding carboxylic acids is 3. The van der Waals surface area contributed by atoms with E-state index >= 15 is 0 Å².